The van der Waals surface area contributed by atoms with Gasteiger partial charge in [-0.25, -0.2) is 0 Å². The summed E-state index contributed by atoms with van der Waals surface area (Å²) in [5.41, 5.74) is 0.517. The average Bonchev–Trinajstić information content (AvgIpc) is 2.50. The monoisotopic (exact) mass is 310 g/mol. The van der Waals surface area contributed by atoms with Crippen LogP contribution in [0.25, 0.3) is 0 Å². The van der Waals surface area contributed by atoms with Crippen molar-refractivity contribution in [3.63, 3.8) is 0 Å². The molecule has 0 aromatic rings. The van der Waals surface area contributed by atoms with Crippen molar-refractivity contribution in [1.29, 1.82) is 0 Å². The molecule has 0 aromatic carbocycles. The van der Waals surface area contributed by atoms with Gasteiger partial charge in [0.2, 0.25) is 0 Å². The molecule has 0 radical (unpaired) electrons. The first-order valence-electron chi connectivity index (χ1n) is 8.67. The smallest absolute Gasteiger partial charge is 0.194 e. The summed E-state index contributed by atoms with van der Waals surface area (Å²) in [6, 6.07) is 0. The molecule has 0 atom stereocenters. The van der Waals surface area contributed by atoms with Crippen LogP contribution in [0.3, 0.4) is 0 Å². The van der Waals surface area contributed by atoms with Gasteiger partial charge >= 0.3 is 0 Å². The highest BCUT2D eigenvalue weighted by Gasteiger charge is 2.53. The van der Waals surface area contributed by atoms with Gasteiger partial charge in [0.1, 0.15) is 0 Å². The molecule has 1 N–H and O–H groups in total. The molecule has 0 saturated carbocycles. The van der Waals surface area contributed by atoms with Crippen molar-refractivity contribution in [3.8, 4) is 0 Å². The number of unbranched alkanes of at least 4 members (excludes halogenated alkanes) is 1. The number of hydrogen-bond acceptors (Lipinski definition) is 3. The van der Waals surface area contributed by atoms with Crippen LogP contribution in [-0.4, -0.2) is 74.3 Å². The van der Waals surface area contributed by atoms with E-state index in [-0.39, 0.29) is 5.54 Å². The number of hydrogen-bond donors (Lipinski definition) is 1. The van der Waals surface area contributed by atoms with Crippen LogP contribution >= 0.6 is 0 Å². The fourth-order valence-corrected chi connectivity index (χ4v) is 3.18. The van der Waals surface area contributed by atoms with Gasteiger partial charge in [0.25, 0.3) is 0 Å². The van der Waals surface area contributed by atoms with Crippen molar-refractivity contribution in [2.24, 2.45) is 10.4 Å². The molecule has 0 bridgehead atoms. The first kappa shape index (κ1) is 17.5. The first-order valence-corrected chi connectivity index (χ1v) is 8.67. The minimum absolute atomic E-state index is 0.169. The zero-order valence-electron chi connectivity index (χ0n) is 15.1. The number of ether oxygens (including phenoxy) is 1. The molecule has 0 aliphatic carbocycles. The van der Waals surface area contributed by atoms with Crippen LogP contribution in [0.15, 0.2) is 4.99 Å². The molecule has 0 spiro atoms. The van der Waals surface area contributed by atoms with E-state index >= 15 is 0 Å². The summed E-state index contributed by atoms with van der Waals surface area (Å²) >= 11 is 0. The Morgan fingerprint density at radius 2 is 1.82 bits per heavy atom. The van der Waals surface area contributed by atoms with Crippen LogP contribution in [0.1, 0.15) is 40.5 Å². The van der Waals surface area contributed by atoms with Gasteiger partial charge in [0, 0.05) is 44.2 Å². The molecule has 0 aromatic heterocycles. The molecule has 128 valence electrons. The van der Waals surface area contributed by atoms with Crippen LogP contribution in [0.2, 0.25) is 0 Å². The Labute approximate surface area is 136 Å². The van der Waals surface area contributed by atoms with E-state index in [1.165, 1.54) is 19.4 Å². The van der Waals surface area contributed by atoms with Gasteiger partial charge in [0.05, 0.1) is 13.2 Å². The van der Waals surface area contributed by atoms with E-state index in [0.717, 1.165) is 45.4 Å². The van der Waals surface area contributed by atoms with Crippen LogP contribution in [0.5, 0.6) is 0 Å². The van der Waals surface area contributed by atoms with Crippen LogP contribution < -0.4 is 5.32 Å². The van der Waals surface area contributed by atoms with Gasteiger partial charge in [-0.2, -0.15) is 0 Å². The first-order chi connectivity index (χ1) is 10.4. The number of likely N-dealkylation sites (tertiary alicyclic amines) is 1. The Balaban J connectivity index is 1.65. The van der Waals surface area contributed by atoms with E-state index in [4.69, 9.17) is 4.74 Å². The summed E-state index contributed by atoms with van der Waals surface area (Å²) in [6.45, 7) is 16.5. The molecule has 0 unspecified atom stereocenters. The molecule has 5 heteroatoms. The highest BCUT2D eigenvalue weighted by molar-refractivity contribution is 5.81. The maximum Gasteiger partial charge on any atom is 0.194 e. The zero-order chi connectivity index (χ0) is 16.2. The molecule has 2 rings (SSSR count). The largest absolute Gasteiger partial charge is 0.379 e. The standard InChI is InChI=1S/C17H34N4O/c1-16(2)14-21(17(16,3)4)15(18-5)19-8-6-7-9-20-10-12-22-13-11-20/h6-14H2,1-5H3,(H,18,19). The number of rotatable bonds is 5. The fourth-order valence-electron chi connectivity index (χ4n) is 3.18. The molecular weight excluding hydrogens is 276 g/mol. The molecule has 0 amide bonds. The van der Waals surface area contributed by atoms with Crippen LogP contribution in [0, 0.1) is 5.41 Å². The minimum Gasteiger partial charge on any atom is -0.379 e. The molecule has 2 fully saturated rings. The highest BCUT2D eigenvalue weighted by Crippen LogP contribution is 2.46. The van der Waals surface area contributed by atoms with Gasteiger partial charge in [-0.05, 0) is 33.2 Å². The third-order valence-corrected chi connectivity index (χ3v) is 5.64. The van der Waals surface area contributed by atoms with Crippen LogP contribution in [0.4, 0.5) is 0 Å². The van der Waals surface area contributed by atoms with Crippen molar-refractivity contribution in [2.45, 2.75) is 46.1 Å². The molecule has 2 aliphatic heterocycles. The highest BCUT2D eigenvalue weighted by atomic mass is 16.5. The molecule has 22 heavy (non-hydrogen) atoms. The van der Waals surface area contributed by atoms with E-state index in [2.05, 4.69) is 47.8 Å². The average molecular weight is 310 g/mol. The predicted molar refractivity (Wildman–Crippen MR) is 92.4 cm³/mol. The van der Waals surface area contributed by atoms with Crippen molar-refractivity contribution in [1.82, 2.24) is 15.1 Å². The fraction of sp³-hybridized carbons (Fsp3) is 0.941. The lowest BCUT2D eigenvalue weighted by Crippen LogP contribution is -2.72. The quantitative estimate of drug-likeness (QED) is 0.477. The SMILES string of the molecule is CN=C(NCCCCN1CCOCC1)N1CC(C)(C)C1(C)C. The lowest BCUT2D eigenvalue weighted by molar-refractivity contribution is -0.0667. The number of aliphatic imine (C=N–C) groups is 1. The summed E-state index contributed by atoms with van der Waals surface area (Å²) in [5, 5.41) is 3.54. The van der Waals surface area contributed by atoms with Crippen molar-refractivity contribution in [3.05, 3.63) is 0 Å². The van der Waals surface area contributed by atoms with E-state index in [1.807, 2.05) is 7.05 Å². The number of nitrogens with zero attached hydrogens (tertiary/aromatic N) is 3. The Morgan fingerprint density at radius 3 is 2.36 bits per heavy atom. The minimum atomic E-state index is 0.169. The van der Waals surface area contributed by atoms with Gasteiger partial charge in [-0.3, -0.25) is 9.89 Å². The summed E-state index contributed by atoms with van der Waals surface area (Å²) in [6.07, 6.45) is 2.42. The third-order valence-electron chi connectivity index (χ3n) is 5.64. The predicted octanol–water partition coefficient (Wildman–Crippen LogP) is 1.79. The Morgan fingerprint density at radius 1 is 1.14 bits per heavy atom. The number of morpholine rings is 1. The molecule has 2 saturated heterocycles. The van der Waals surface area contributed by atoms with Gasteiger partial charge in [-0.1, -0.05) is 13.8 Å². The maximum atomic E-state index is 5.38. The number of nitrogens with one attached hydrogen (secondary N) is 1. The molecule has 5 nitrogen and oxygen atoms in total. The van der Waals surface area contributed by atoms with Gasteiger partial charge in [0.15, 0.2) is 5.96 Å². The van der Waals surface area contributed by atoms with Crippen molar-refractivity contribution in [2.75, 3.05) is 53.0 Å². The second-order valence-electron chi connectivity index (χ2n) is 7.66. The van der Waals surface area contributed by atoms with E-state index < -0.39 is 0 Å². The molecule has 2 aliphatic rings. The normalized spacial score (nSPS) is 25.0. The lowest BCUT2D eigenvalue weighted by atomic mass is 9.65. The Hall–Kier alpha value is -0.810. The summed E-state index contributed by atoms with van der Waals surface area (Å²) in [5.74, 6) is 1.05. The molecular formula is C17H34N4O. The van der Waals surface area contributed by atoms with E-state index in [0.29, 0.717) is 5.41 Å². The Bertz CT molecular complexity index is 386. The van der Waals surface area contributed by atoms with Gasteiger partial charge < -0.3 is 15.0 Å². The second-order valence-corrected chi connectivity index (χ2v) is 7.66. The van der Waals surface area contributed by atoms with Crippen molar-refractivity contribution < 1.29 is 4.74 Å². The molecule has 2 heterocycles. The summed E-state index contributed by atoms with van der Waals surface area (Å²) in [7, 11) is 1.89. The van der Waals surface area contributed by atoms with Crippen LogP contribution in [-0.2, 0) is 4.74 Å². The maximum absolute atomic E-state index is 5.38. The number of guanidine groups is 1. The summed E-state index contributed by atoms with van der Waals surface area (Å²) in [4.78, 5) is 9.36. The van der Waals surface area contributed by atoms with Gasteiger partial charge in [-0.15, -0.1) is 0 Å². The summed E-state index contributed by atoms with van der Waals surface area (Å²) < 4.78 is 5.38. The topological polar surface area (TPSA) is 40.1 Å². The third kappa shape index (κ3) is 3.74. The van der Waals surface area contributed by atoms with E-state index in [9.17, 15) is 0 Å². The zero-order valence-corrected chi connectivity index (χ0v) is 15.1. The Kier molecular flexibility index (Phi) is 5.72. The lowest BCUT2D eigenvalue weighted by Gasteiger charge is -2.62. The van der Waals surface area contributed by atoms with E-state index in [1.54, 1.807) is 0 Å². The second kappa shape index (κ2) is 7.18. The van der Waals surface area contributed by atoms with Crippen molar-refractivity contribution >= 4 is 5.96 Å².